The van der Waals surface area contributed by atoms with Gasteiger partial charge >= 0.3 is 12.1 Å². The van der Waals surface area contributed by atoms with Crippen LogP contribution < -0.4 is 11.5 Å². The van der Waals surface area contributed by atoms with Gasteiger partial charge in [-0.25, -0.2) is 9.79 Å². The number of nitrogens with two attached hydrogens (primary N) is 2. The average Bonchev–Trinajstić information content (AvgIpc) is 2.22. The maximum Gasteiger partial charge on any atom is 0.418 e. The van der Waals surface area contributed by atoms with E-state index in [-0.39, 0.29) is 0 Å². The number of carboxylic acids is 1. The fourth-order valence-corrected chi connectivity index (χ4v) is 1.00. The van der Waals surface area contributed by atoms with Crippen molar-refractivity contribution in [1.29, 1.82) is 0 Å². The monoisotopic (exact) mass is 250 g/mol. The van der Waals surface area contributed by atoms with E-state index in [4.69, 9.17) is 20.7 Å². The summed E-state index contributed by atoms with van der Waals surface area (Å²) in [6, 6.07) is -3.62. The number of carboxylic acid groups (broad SMARTS) is 1. The van der Waals surface area contributed by atoms with Gasteiger partial charge in [0.05, 0.1) is 20.9 Å². The zero-order valence-electron chi connectivity index (χ0n) is 11.1. The van der Waals surface area contributed by atoms with Gasteiger partial charge in [0.15, 0.2) is 5.96 Å². The molecule has 0 bridgehead atoms. The number of aromatic carboxylic acids is 1. The van der Waals surface area contributed by atoms with Crippen molar-refractivity contribution in [1.82, 2.24) is 0 Å². The summed E-state index contributed by atoms with van der Waals surface area (Å²) in [6.07, 6.45) is -5.15. The lowest BCUT2D eigenvalue weighted by atomic mass is 10.1. The molecule has 0 fully saturated rings. The van der Waals surface area contributed by atoms with Crippen LogP contribution in [0.25, 0.3) is 0 Å². The second-order valence-corrected chi connectivity index (χ2v) is 2.81. The first-order valence-corrected chi connectivity index (χ1v) is 4.02. The Morgan fingerprint density at radius 2 is 2.00 bits per heavy atom. The second kappa shape index (κ2) is 4.32. The molecule has 0 aromatic heterocycles. The van der Waals surface area contributed by atoms with Crippen LogP contribution in [0.3, 0.4) is 0 Å². The van der Waals surface area contributed by atoms with Crippen LogP contribution in [0.15, 0.2) is 23.1 Å². The topological polar surface area (TPSA) is 102 Å². The molecule has 1 aromatic rings. The fraction of sp³-hybridized carbons (Fsp3) is 0.111. The van der Waals surface area contributed by atoms with Gasteiger partial charge in [0.2, 0.25) is 0 Å². The highest BCUT2D eigenvalue weighted by Gasteiger charge is 2.35. The summed E-state index contributed by atoms with van der Waals surface area (Å²) in [4.78, 5) is 14.0. The molecule has 0 atom stereocenters. The maximum absolute atomic E-state index is 12.9. The molecule has 1 rings (SSSR count). The lowest BCUT2D eigenvalue weighted by Gasteiger charge is -2.11. The van der Waals surface area contributed by atoms with Crippen LogP contribution in [-0.4, -0.2) is 17.0 Å². The highest BCUT2D eigenvalue weighted by molar-refractivity contribution is 5.96. The summed E-state index contributed by atoms with van der Waals surface area (Å²) in [5, 5.41) is 8.88. The first kappa shape index (κ1) is 8.85. The van der Waals surface area contributed by atoms with Gasteiger partial charge in [-0.3, -0.25) is 0 Å². The van der Waals surface area contributed by atoms with E-state index < -0.39 is 53.0 Å². The molecule has 17 heavy (non-hydrogen) atoms. The molecule has 0 radical (unpaired) electrons. The quantitative estimate of drug-likeness (QED) is 0.544. The van der Waals surface area contributed by atoms with Crippen molar-refractivity contribution in [3.63, 3.8) is 0 Å². The van der Waals surface area contributed by atoms with E-state index in [2.05, 4.69) is 4.99 Å². The van der Waals surface area contributed by atoms with Crippen molar-refractivity contribution in [2.45, 2.75) is 6.18 Å². The van der Waals surface area contributed by atoms with E-state index >= 15 is 0 Å². The molecule has 0 spiro atoms. The first-order valence-electron chi connectivity index (χ1n) is 5.52. The van der Waals surface area contributed by atoms with Crippen molar-refractivity contribution in [3.8, 4) is 0 Å². The highest BCUT2D eigenvalue weighted by atomic mass is 19.4. The molecule has 0 aliphatic rings. The number of hydrogen-bond donors (Lipinski definition) is 3. The Hall–Kier alpha value is -2.25. The molecule has 8 heteroatoms. The summed E-state index contributed by atoms with van der Waals surface area (Å²) in [6.45, 7) is 0. The summed E-state index contributed by atoms with van der Waals surface area (Å²) in [5.41, 5.74) is 5.67. The number of benzene rings is 1. The predicted octanol–water partition coefficient (Wildman–Crippen LogP) is 1.31. The number of para-hydroxylation sites is 1. The van der Waals surface area contributed by atoms with Gasteiger partial charge in [-0.15, -0.1) is 0 Å². The highest BCUT2D eigenvalue weighted by Crippen LogP contribution is 2.38. The Kier molecular flexibility index (Phi) is 2.25. The largest absolute Gasteiger partial charge is 0.478 e. The maximum atomic E-state index is 12.9. The van der Waals surface area contributed by atoms with Crippen molar-refractivity contribution < 1.29 is 27.2 Å². The minimum atomic E-state index is -5.15. The van der Waals surface area contributed by atoms with Crippen LogP contribution in [-0.2, 0) is 6.18 Å². The number of hydrogen-bond acceptors (Lipinski definition) is 2. The average molecular weight is 250 g/mol. The lowest BCUT2D eigenvalue weighted by Crippen LogP contribution is -2.22. The van der Waals surface area contributed by atoms with E-state index in [1.165, 1.54) is 0 Å². The Morgan fingerprint density at radius 3 is 2.41 bits per heavy atom. The number of nitrogens with zero attached hydrogens (tertiary/aromatic N) is 1. The molecular formula is C9H8F3N3O2. The smallest absolute Gasteiger partial charge is 0.418 e. The number of carbonyl (C=O) groups is 1. The van der Waals surface area contributed by atoms with Crippen LogP contribution in [0.4, 0.5) is 18.9 Å². The predicted molar refractivity (Wildman–Crippen MR) is 53.9 cm³/mol. The second-order valence-electron chi connectivity index (χ2n) is 2.81. The molecule has 0 aliphatic carbocycles. The van der Waals surface area contributed by atoms with Crippen molar-refractivity contribution in [2.24, 2.45) is 16.5 Å². The molecule has 1 aromatic carbocycles. The Balaban J connectivity index is 4.01. The number of aliphatic imine (C=N–C) groups is 1. The Morgan fingerprint density at radius 1 is 1.41 bits per heavy atom. The van der Waals surface area contributed by atoms with E-state index in [0.29, 0.717) is 0 Å². The number of alkyl halides is 3. The molecule has 5 N–H and O–H groups in total. The summed E-state index contributed by atoms with van der Waals surface area (Å²) < 4.78 is 60.5. The molecule has 0 saturated heterocycles. The zero-order chi connectivity index (χ0) is 15.8. The third kappa shape index (κ3) is 2.86. The van der Waals surface area contributed by atoms with Gasteiger partial charge in [0.25, 0.3) is 0 Å². The minimum Gasteiger partial charge on any atom is -0.478 e. The van der Waals surface area contributed by atoms with Crippen molar-refractivity contribution >= 4 is 17.6 Å². The van der Waals surface area contributed by atoms with E-state index in [1.54, 1.807) is 0 Å². The number of guanidine groups is 1. The van der Waals surface area contributed by atoms with Gasteiger partial charge in [-0.1, -0.05) is 6.04 Å². The molecule has 0 aliphatic heterocycles. The van der Waals surface area contributed by atoms with E-state index in [9.17, 15) is 18.0 Å². The van der Waals surface area contributed by atoms with Gasteiger partial charge in [0.1, 0.15) is 0 Å². The third-order valence-electron chi connectivity index (χ3n) is 1.59. The number of rotatable bonds is 2. The van der Waals surface area contributed by atoms with Crippen LogP contribution in [0.1, 0.15) is 20.0 Å². The normalized spacial score (nSPS) is 13.5. The fourth-order valence-electron chi connectivity index (χ4n) is 1.00. The molecule has 0 saturated carbocycles. The van der Waals surface area contributed by atoms with Crippen molar-refractivity contribution in [2.75, 3.05) is 0 Å². The standard InChI is InChI=1S/C9H8F3N3O2/c10-9(11,12)5-3-1-2-4(7(16)17)6(5)15-8(13)14/h1-3H,(H,16,17)(H4,13,14,15)/i1D,2D,3D. The summed E-state index contributed by atoms with van der Waals surface area (Å²) in [7, 11) is 0. The molecule has 0 amide bonds. The van der Waals surface area contributed by atoms with Crippen LogP contribution in [0.5, 0.6) is 0 Å². The Labute approximate surface area is 97.8 Å². The third-order valence-corrected chi connectivity index (χ3v) is 1.59. The SMILES string of the molecule is [2H]c1c([2H])c(C(=O)O)c(N=C(N)N)c(C(F)(F)F)c1[2H]. The molecule has 0 unspecified atom stereocenters. The van der Waals surface area contributed by atoms with Gasteiger partial charge in [-0.2, -0.15) is 13.2 Å². The van der Waals surface area contributed by atoms with Gasteiger partial charge < -0.3 is 16.6 Å². The van der Waals surface area contributed by atoms with Gasteiger partial charge in [-0.05, 0) is 12.1 Å². The minimum absolute atomic E-state index is 0.866. The molecule has 0 heterocycles. The van der Waals surface area contributed by atoms with Gasteiger partial charge in [0, 0.05) is 0 Å². The summed E-state index contributed by atoms with van der Waals surface area (Å²) >= 11 is 0. The lowest BCUT2D eigenvalue weighted by molar-refractivity contribution is -0.137. The zero-order valence-corrected chi connectivity index (χ0v) is 8.09. The van der Waals surface area contributed by atoms with Crippen LogP contribution in [0.2, 0.25) is 0 Å². The molecular weight excluding hydrogens is 239 g/mol. The first-order chi connectivity index (χ1) is 8.98. The number of halogens is 3. The van der Waals surface area contributed by atoms with Crippen LogP contribution >= 0.6 is 0 Å². The van der Waals surface area contributed by atoms with Crippen molar-refractivity contribution in [3.05, 3.63) is 29.3 Å². The molecule has 92 valence electrons. The van der Waals surface area contributed by atoms with Crippen LogP contribution in [0, 0.1) is 0 Å². The van der Waals surface area contributed by atoms with E-state index in [1.807, 2.05) is 0 Å². The Bertz CT molecular complexity index is 613. The molecule has 5 nitrogen and oxygen atoms in total. The van der Waals surface area contributed by atoms with E-state index in [0.717, 1.165) is 0 Å². The summed E-state index contributed by atoms with van der Waals surface area (Å²) in [5.74, 6) is -2.77.